The van der Waals surface area contributed by atoms with Gasteiger partial charge in [0.1, 0.15) is 0 Å². The molecule has 1 heterocycles. The maximum atomic E-state index is 12.0. The normalized spacial score (nSPS) is 11.2. The van der Waals surface area contributed by atoms with Gasteiger partial charge in [-0.1, -0.05) is 22.0 Å². The molecule has 0 saturated carbocycles. The Morgan fingerprint density at radius 2 is 2.00 bits per heavy atom. The van der Waals surface area contributed by atoms with E-state index >= 15 is 0 Å². The first-order chi connectivity index (χ1) is 12.1. The van der Waals surface area contributed by atoms with Crippen molar-refractivity contribution in [2.75, 3.05) is 26.7 Å². The van der Waals surface area contributed by atoms with Crippen molar-refractivity contribution in [3.63, 3.8) is 0 Å². The first-order valence-corrected chi connectivity index (χ1v) is 9.59. The summed E-state index contributed by atoms with van der Waals surface area (Å²) in [5.41, 5.74) is 0.635. The molecule has 0 aliphatic rings. The van der Waals surface area contributed by atoms with E-state index in [1.807, 2.05) is 18.3 Å². The topological polar surface area (TPSA) is 78.4 Å². The van der Waals surface area contributed by atoms with E-state index in [0.29, 0.717) is 24.6 Å². The lowest BCUT2D eigenvalue weighted by Crippen LogP contribution is -2.42. The molecule has 25 heavy (non-hydrogen) atoms. The zero-order valence-corrected chi connectivity index (χ0v) is 16.7. The number of hydrogen-bond acceptors (Lipinski definition) is 4. The molecule has 8 heteroatoms. The number of carbonyl (C=O) groups excluding carboxylic acids is 1. The Kier molecular flexibility index (Phi) is 7.87. The van der Waals surface area contributed by atoms with Gasteiger partial charge >= 0.3 is 0 Å². The molecule has 0 bridgehead atoms. The van der Waals surface area contributed by atoms with Gasteiger partial charge in [-0.25, -0.2) is 4.98 Å². The largest absolute Gasteiger partial charge is 0.356 e. The fourth-order valence-electron chi connectivity index (χ4n) is 2.11. The number of aromatic nitrogens is 1. The molecular weight excluding hydrogens is 402 g/mol. The number of hydrogen-bond donors (Lipinski definition) is 3. The quantitative estimate of drug-likeness (QED) is 0.362. The lowest BCUT2D eigenvalue weighted by atomic mass is 10.2. The summed E-state index contributed by atoms with van der Waals surface area (Å²) < 4.78 is 0.887. The predicted octanol–water partition coefficient (Wildman–Crippen LogP) is 2.35. The maximum Gasteiger partial charge on any atom is 0.251 e. The number of aryl methyl sites for hydroxylation is 1. The fraction of sp³-hybridized carbons (Fsp3) is 0.353. The SMILES string of the molecule is CN=C(NCCNC(=O)c1cccc(Br)c1)NCCc1ncc(C)s1. The van der Waals surface area contributed by atoms with Gasteiger partial charge in [-0.3, -0.25) is 9.79 Å². The molecule has 1 aromatic carbocycles. The molecule has 6 nitrogen and oxygen atoms in total. The van der Waals surface area contributed by atoms with Crippen molar-refractivity contribution < 1.29 is 4.79 Å². The Morgan fingerprint density at radius 3 is 2.68 bits per heavy atom. The number of benzene rings is 1. The van der Waals surface area contributed by atoms with Crippen LogP contribution >= 0.6 is 27.3 Å². The number of carbonyl (C=O) groups is 1. The second-order valence-electron chi connectivity index (χ2n) is 5.31. The number of rotatable bonds is 7. The Morgan fingerprint density at radius 1 is 1.24 bits per heavy atom. The lowest BCUT2D eigenvalue weighted by Gasteiger charge is -2.12. The van der Waals surface area contributed by atoms with Crippen LogP contribution in [0.3, 0.4) is 0 Å². The van der Waals surface area contributed by atoms with Crippen LogP contribution in [0.25, 0.3) is 0 Å². The van der Waals surface area contributed by atoms with Crippen molar-refractivity contribution in [3.8, 4) is 0 Å². The summed E-state index contributed by atoms with van der Waals surface area (Å²) in [5, 5.41) is 10.4. The first kappa shape index (κ1) is 19.4. The molecule has 0 atom stereocenters. The summed E-state index contributed by atoms with van der Waals surface area (Å²) in [6, 6.07) is 7.31. The number of halogens is 1. The first-order valence-electron chi connectivity index (χ1n) is 7.98. The van der Waals surface area contributed by atoms with Crippen LogP contribution in [0.2, 0.25) is 0 Å². The maximum absolute atomic E-state index is 12.0. The molecule has 3 N–H and O–H groups in total. The van der Waals surface area contributed by atoms with Crippen LogP contribution in [0.5, 0.6) is 0 Å². The van der Waals surface area contributed by atoms with Crippen LogP contribution in [-0.2, 0) is 6.42 Å². The van der Waals surface area contributed by atoms with Gasteiger partial charge in [-0.05, 0) is 25.1 Å². The third kappa shape index (κ3) is 6.83. The van der Waals surface area contributed by atoms with E-state index in [1.54, 1.807) is 30.5 Å². The van der Waals surface area contributed by atoms with Crippen molar-refractivity contribution in [1.82, 2.24) is 20.9 Å². The third-order valence-corrected chi connectivity index (χ3v) is 4.78. The Labute approximate surface area is 160 Å². The van der Waals surface area contributed by atoms with E-state index in [1.165, 1.54) is 4.88 Å². The van der Waals surface area contributed by atoms with Gasteiger partial charge in [0.15, 0.2) is 5.96 Å². The monoisotopic (exact) mass is 423 g/mol. The average Bonchev–Trinajstić information content (AvgIpc) is 3.02. The fourth-order valence-corrected chi connectivity index (χ4v) is 3.30. The van der Waals surface area contributed by atoms with Gasteiger partial charge in [-0.15, -0.1) is 11.3 Å². The Hall–Kier alpha value is -1.93. The van der Waals surface area contributed by atoms with Crippen LogP contribution < -0.4 is 16.0 Å². The van der Waals surface area contributed by atoms with Gasteiger partial charge in [0, 0.05) is 54.2 Å². The smallest absolute Gasteiger partial charge is 0.251 e. The van der Waals surface area contributed by atoms with Gasteiger partial charge in [0.25, 0.3) is 5.91 Å². The number of nitrogens with one attached hydrogen (secondary N) is 3. The molecular formula is C17H22BrN5OS. The molecule has 1 aromatic heterocycles. The number of nitrogens with zero attached hydrogens (tertiary/aromatic N) is 2. The van der Waals surface area contributed by atoms with Gasteiger partial charge in [0.2, 0.25) is 0 Å². The summed E-state index contributed by atoms with van der Waals surface area (Å²) in [4.78, 5) is 21.8. The molecule has 0 spiro atoms. The Balaban J connectivity index is 1.64. The number of thiazole rings is 1. The third-order valence-electron chi connectivity index (χ3n) is 3.31. The highest BCUT2D eigenvalue weighted by molar-refractivity contribution is 9.10. The molecule has 1 amide bonds. The number of guanidine groups is 1. The molecule has 0 aliphatic heterocycles. The second kappa shape index (κ2) is 10.1. The Bertz CT molecular complexity index is 731. The predicted molar refractivity (Wildman–Crippen MR) is 106 cm³/mol. The van der Waals surface area contributed by atoms with Crippen molar-refractivity contribution in [1.29, 1.82) is 0 Å². The van der Waals surface area contributed by atoms with E-state index < -0.39 is 0 Å². The van der Waals surface area contributed by atoms with Crippen molar-refractivity contribution >= 4 is 39.1 Å². The van der Waals surface area contributed by atoms with E-state index in [2.05, 4.69) is 48.8 Å². The van der Waals surface area contributed by atoms with Crippen molar-refractivity contribution in [2.45, 2.75) is 13.3 Å². The minimum atomic E-state index is -0.0924. The average molecular weight is 424 g/mol. The number of aliphatic imine (C=N–C) groups is 1. The van der Waals surface area contributed by atoms with Crippen molar-refractivity contribution in [2.24, 2.45) is 4.99 Å². The summed E-state index contributed by atoms with van der Waals surface area (Å²) in [7, 11) is 1.73. The van der Waals surface area contributed by atoms with Gasteiger partial charge in [-0.2, -0.15) is 0 Å². The second-order valence-corrected chi connectivity index (χ2v) is 7.54. The molecule has 134 valence electrons. The highest BCUT2D eigenvalue weighted by Crippen LogP contribution is 2.11. The number of amides is 1. The van der Waals surface area contributed by atoms with E-state index in [9.17, 15) is 4.79 Å². The zero-order chi connectivity index (χ0) is 18.1. The summed E-state index contributed by atoms with van der Waals surface area (Å²) >= 11 is 5.07. The zero-order valence-electron chi connectivity index (χ0n) is 14.3. The van der Waals surface area contributed by atoms with Crippen molar-refractivity contribution in [3.05, 3.63) is 50.4 Å². The van der Waals surface area contributed by atoms with E-state index in [-0.39, 0.29) is 5.91 Å². The van der Waals surface area contributed by atoms with E-state index in [4.69, 9.17) is 0 Å². The standard InChI is InChI=1S/C17H22BrN5OS/c1-12-11-23-15(25-12)6-7-21-17(19-2)22-9-8-20-16(24)13-4-3-5-14(18)10-13/h3-5,10-11H,6-9H2,1-2H3,(H,20,24)(H2,19,21,22). The summed E-state index contributed by atoms with van der Waals surface area (Å²) in [6.45, 7) is 3.92. The molecule has 0 aliphatic carbocycles. The summed E-state index contributed by atoms with van der Waals surface area (Å²) in [6.07, 6.45) is 2.75. The molecule has 0 fully saturated rings. The molecule has 2 aromatic rings. The van der Waals surface area contributed by atoms with Crippen LogP contribution in [-0.4, -0.2) is 43.5 Å². The minimum absolute atomic E-state index is 0.0924. The van der Waals surface area contributed by atoms with Crippen LogP contribution in [0.4, 0.5) is 0 Å². The molecule has 0 saturated heterocycles. The lowest BCUT2D eigenvalue weighted by molar-refractivity contribution is 0.0954. The van der Waals surface area contributed by atoms with Crippen LogP contribution in [0, 0.1) is 6.92 Å². The van der Waals surface area contributed by atoms with Gasteiger partial charge in [0.05, 0.1) is 5.01 Å². The highest BCUT2D eigenvalue weighted by atomic mass is 79.9. The van der Waals surface area contributed by atoms with Crippen LogP contribution in [0.1, 0.15) is 20.2 Å². The molecule has 0 unspecified atom stereocenters. The molecule has 2 rings (SSSR count). The van der Waals surface area contributed by atoms with Crippen LogP contribution in [0.15, 0.2) is 39.9 Å². The molecule has 0 radical (unpaired) electrons. The van der Waals surface area contributed by atoms with Gasteiger partial charge < -0.3 is 16.0 Å². The highest BCUT2D eigenvalue weighted by Gasteiger charge is 2.05. The summed E-state index contributed by atoms with van der Waals surface area (Å²) in [5.74, 6) is 0.621. The van der Waals surface area contributed by atoms with E-state index in [0.717, 1.165) is 22.4 Å². The minimum Gasteiger partial charge on any atom is -0.356 e.